The van der Waals surface area contributed by atoms with E-state index in [1.54, 1.807) is 54.7 Å². The molecule has 0 saturated heterocycles. The third-order valence-electron chi connectivity index (χ3n) is 4.47. The highest BCUT2D eigenvalue weighted by Crippen LogP contribution is 2.24. The van der Waals surface area contributed by atoms with Crippen molar-refractivity contribution in [3.63, 3.8) is 0 Å². The number of nitrogens with one attached hydrogen (secondary N) is 1. The third-order valence-corrected chi connectivity index (χ3v) is 7.00. The molecule has 150 valence electrons. The molecule has 0 fully saturated rings. The van der Waals surface area contributed by atoms with Gasteiger partial charge in [-0.05, 0) is 36.8 Å². The summed E-state index contributed by atoms with van der Waals surface area (Å²) in [5.74, 6) is 0. The fourth-order valence-electron chi connectivity index (χ4n) is 2.82. The fourth-order valence-corrected chi connectivity index (χ4v) is 4.74. The van der Waals surface area contributed by atoms with E-state index in [0.29, 0.717) is 5.13 Å². The van der Waals surface area contributed by atoms with Crippen LogP contribution in [0.15, 0.2) is 99.1 Å². The first-order valence-electron chi connectivity index (χ1n) is 9.24. The number of thiazole rings is 1. The van der Waals surface area contributed by atoms with Gasteiger partial charge >= 0.3 is 0 Å². The summed E-state index contributed by atoms with van der Waals surface area (Å²) in [4.78, 5) is 5.05. The average Bonchev–Trinajstić information content (AvgIpc) is 3.24. The van der Waals surface area contributed by atoms with Crippen LogP contribution in [0.1, 0.15) is 11.1 Å². The van der Waals surface area contributed by atoms with Gasteiger partial charge < -0.3 is 0 Å². The smallest absolute Gasteiger partial charge is 0.206 e. The Morgan fingerprint density at radius 2 is 1.53 bits per heavy atom. The van der Waals surface area contributed by atoms with Crippen LogP contribution in [0.5, 0.6) is 0 Å². The minimum absolute atomic E-state index is 0.254. The van der Waals surface area contributed by atoms with Gasteiger partial charge in [-0.1, -0.05) is 60.2 Å². The van der Waals surface area contributed by atoms with E-state index in [-0.39, 0.29) is 9.79 Å². The fraction of sp³-hybridized carbons (Fsp3) is 0.0435. The molecule has 0 radical (unpaired) electrons. The number of aryl methyl sites for hydroxylation is 1. The summed E-state index contributed by atoms with van der Waals surface area (Å²) in [5.41, 5.74) is 6.66. The topological polar surface area (TPSA) is 71.4 Å². The maximum atomic E-state index is 12.7. The van der Waals surface area contributed by atoms with Crippen molar-refractivity contribution in [1.82, 2.24) is 4.98 Å². The van der Waals surface area contributed by atoms with E-state index >= 15 is 0 Å². The number of sulfone groups is 1. The molecule has 7 heteroatoms. The van der Waals surface area contributed by atoms with Crippen LogP contribution in [-0.2, 0) is 9.84 Å². The van der Waals surface area contributed by atoms with Crippen LogP contribution in [0, 0.1) is 6.92 Å². The van der Waals surface area contributed by atoms with E-state index in [0.717, 1.165) is 22.4 Å². The van der Waals surface area contributed by atoms with Crippen LogP contribution in [0.3, 0.4) is 0 Å². The Labute approximate surface area is 179 Å². The molecule has 1 N–H and O–H groups in total. The molecular formula is C23H19N3O2S2. The molecule has 0 saturated carbocycles. The summed E-state index contributed by atoms with van der Waals surface area (Å²) >= 11 is 1.47. The predicted octanol–water partition coefficient (Wildman–Crippen LogP) is 5.40. The number of benzene rings is 3. The lowest BCUT2D eigenvalue weighted by Gasteiger charge is -2.05. The number of aromatic nitrogens is 1. The quantitative estimate of drug-likeness (QED) is 0.327. The van der Waals surface area contributed by atoms with Gasteiger partial charge in [0, 0.05) is 10.9 Å². The Bertz CT molecular complexity index is 1260. The van der Waals surface area contributed by atoms with Gasteiger partial charge in [0.1, 0.15) is 0 Å². The Morgan fingerprint density at radius 1 is 0.900 bits per heavy atom. The zero-order valence-electron chi connectivity index (χ0n) is 16.2. The van der Waals surface area contributed by atoms with Gasteiger partial charge in [-0.2, -0.15) is 5.10 Å². The van der Waals surface area contributed by atoms with Gasteiger partial charge in [0.15, 0.2) is 0 Å². The molecule has 4 aromatic rings. The van der Waals surface area contributed by atoms with Gasteiger partial charge in [0.2, 0.25) is 15.0 Å². The molecule has 0 aliphatic carbocycles. The molecule has 0 aliphatic rings. The zero-order valence-corrected chi connectivity index (χ0v) is 17.8. The van der Waals surface area contributed by atoms with Crippen LogP contribution in [-0.4, -0.2) is 19.6 Å². The van der Waals surface area contributed by atoms with Crippen LogP contribution in [0.2, 0.25) is 0 Å². The predicted molar refractivity (Wildman–Crippen MR) is 122 cm³/mol. The highest BCUT2D eigenvalue weighted by atomic mass is 32.2. The number of anilines is 1. The van der Waals surface area contributed by atoms with E-state index in [9.17, 15) is 8.42 Å². The molecule has 0 spiro atoms. The molecule has 0 atom stereocenters. The van der Waals surface area contributed by atoms with Crippen LogP contribution < -0.4 is 5.43 Å². The SMILES string of the molecule is Cc1ccc(S(=O)(=O)c2ccc(C=NNc3nc(-c4ccccc4)cs3)cc2)cc1. The van der Waals surface area contributed by atoms with E-state index < -0.39 is 9.84 Å². The summed E-state index contributed by atoms with van der Waals surface area (Å²) in [7, 11) is -3.53. The number of hydrogen-bond donors (Lipinski definition) is 1. The van der Waals surface area contributed by atoms with Crippen molar-refractivity contribution in [1.29, 1.82) is 0 Å². The Hall–Kier alpha value is -3.29. The second kappa shape index (κ2) is 8.61. The molecule has 0 aliphatic heterocycles. The number of hydrogen-bond acceptors (Lipinski definition) is 6. The largest absolute Gasteiger partial charge is 0.253 e. The summed E-state index contributed by atoms with van der Waals surface area (Å²) in [6, 6.07) is 23.4. The van der Waals surface area contributed by atoms with Crippen LogP contribution >= 0.6 is 11.3 Å². The van der Waals surface area contributed by atoms with Crippen molar-refractivity contribution in [3.8, 4) is 11.3 Å². The molecule has 1 aromatic heterocycles. The van der Waals surface area contributed by atoms with Crippen molar-refractivity contribution in [2.75, 3.05) is 5.43 Å². The highest BCUT2D eigenvalue weighted by molar-refractivity contribution is 7.91. The molecular weight excluding hydrogens is 414 g/mol. The summed E-state index contributed by atoms with van der Waals surface area (Å²) in [6.45, 7) is 1.92. The van der Waals surface area contributed by atoms with Crippen LogP contribution in [0.25, 0.3) is 11.3 Å². The van der Waals surface area contributed by atoms with Crippen molar-refractivity contribution in [2.45, 2.75) is 16.7 Å². The maximum absolute atomic E-state index is 12.7. The lowest BCUT2D eigenvalue weighted by atomic mass is 10.2. The van der Waals surface area contributed by atoms with E-state index in [4.69, 9.17) is 0 Å². The van der Waals surface area contributed by atoms with Gasteiger partial charge in [0.05, 0.1) is 21.7 Å². The molecule has 5 nitrogen and oxygen atoms in total. The standard InChI is InChI=1S/C23H19N3O2S2/c1-17-7-11-20(12-8-17)30(27,28)21-13-9-18(10-14-21)15-24-26-23-25-22(16-29-23)19-5-3-2-4-6-19/h2-16H,1H3,(H,25,26). The average molecular weight is 434 g/mol. The molecule has 0 unspecified atom stereocenters. The van der Waals surface area contributed by atoms with Gasteiger partial charge in [-0.15, -0.1) is 11.3 Å². The van der Waals surface area contributed by atoms with Crippen molar-refractivity contribution >= 4 is 32.5 Å². The second-order valence-corrected chi connectivity index (χ2v) is 9.47. The lowest BCUT2D eigenvalue weighted by molar-refractivity contribution is 0.596. The first-order chi connectivity index (χ1) is 14.5. The van der Waals surface area contributed by atoms with E-state index in [2.05, 4.69) is 15.5 Å². The molecule has 0 bridgehead atoms. The number of nitrogens with zero attached hydrogens (tertiary/aromatic N) is 2. The van der Waals surface area contributed by atoms with Gasteiger partial charge in [-0.25, -0.2) is 13.4 Å². The highest BCUT2D eigenvalue weighted by Gasteiger charge is 2.16. The Morgan fingerprint density at radius 3 is 2.20 bits per heavy atom. The summed E-state index contributed by atoms with van der Waals surface area (Å²) < 4.78 is 25.4. The van der Waals surface area contributed by atoms with Crippen molar-refractivity contribution in [3.05, 3.63) is 95.4 Å². The van der Waals surface area contributed by atoms with Gasteiger partial charge in [-0.3, -0.25) is 5.43 Å². The van der Waals surface area contributed by atoms with Gasteiger partial charge in [0.25, 0.3) is 0 Å². The van der Waals surface area contributed by atoms with Crippen LogP contribution in [0.4, 0.5) is 5.13 Å². The summed E-state index contributed by atoms with van der Waals surface area (Å²) in [6.07, 6.45) is 1.63. The Balaban J connectivity index is 1.43. The minimum Gasteiger partial charge on any atom is -0.253 e. The normalized spacial score (nSPS) is 11.6. The number of hydrazone groups is 1. The Kier molecular flexibility index (Phi) is 5.74. The second-order valence-electron chi connectivity index (χ2n) is 6.66. The molecule has 30 heavy (non-hydrogen) atoms. The molecule has 1 heterocycles. The molecule has 0 amide bonds. The first-order valence-corrected chi connectivity index (χ1v) is 11.6. The molecule has 4 rings (SSSR count). The van der Waals surface area contributed by atoms with E-state index in [1.165, 1.54) is 11.3 Å². The van der Waals surface area contributed by atoms with Crippen molar-refractivity contribution < 1.29 is 8.42 Å². The van der Waals surface area contributed by atoms with E-state index in [1.807, 2.05) is 42.6 Å². The minimum atomic E-state index is -3.53. The van der Waals surface area contributed by atoms with Crippen molar-refractivity contribution in [2.24, 2.45) is 5.10 Å². The zero-order chi connectivity index (χ0) is 21.0. The third kappa shape index (κ3) is 4.48. The monoisotopic (exact) mass is 433 g/mol. The lowest BCUT2D eigenvalue weighted by Crippen LogP contribution is -2.02. The number of rotatable bonds is 6. The first kappa shape index (κ1) is 20.0. The molecule has 3 aromatic carbocycles. The summed E-state index contributed by atoms with van der Waals surface area (Å²) in [5, 5.41) is 6.86. The maximum Gasteiger partial charge on any atom is 0.206 e.